The molecule has 1 aromatic carbocycles. The minimum atomic E-state index is -2.83. The van der Waals surface area contributed by atoms with Crippen LogP contribution in [0.4, 0.5) is 8.78 Å². The predicted octanol–water partition coefficient (Wildman–Crippen LogP) is 3.90. The van der Waals surface area contributed by atoms with Crippen LogP contribution in [0.1, 0.15) is 43.8 Å². The molecule has 0 amide bonds. The Morgan fingerprint density at radius 3 is 2.67 bits per heavy atom. The van der Waals surface area contributed by atoms with Crippen LogP contribution in [0.15, 0.2) is 24.3 Å². The van der Waals surface area contributed by atoms with Crippen molar-refractivity contribution in [2.24, 2.45) is 5.92 Å². The molecule has 0 saturated heterocycles. The molecule has 2 rings (SSSR count). The van der Waals surface area contributed by atoms with Crippen LogP contribution in [0.2, 0.25) is 0 Å². The SMILES string of the molecule is OC(CC1CCCC1)c1cccc(OC(F)F)c1. The molecule has 1 aliphatic carbocycles. The first-order chi connectivity index (χ1) is 8.65. The largest absolute Gasteiger partial charge is 0.435 e. The number of rotatable bonds is 5. The minimum absolute atomic E-state index is 0.105. The Morgan fingerprint density at radius 2 is 2.00 bits per heavy atom. The lowest BCUT2D eigenvalue weighted by molar-refractivity contribution is -0.0500. The molecule has 0 heterocycles. The number of benzene rings is 1. The second kappa shape index (κ2) is 6.14. The number of aliphatic hydroxyl groups is 1. The minimum Gasteiger partial charge on any atom is -0.435 e. The summed E-state index contributed by atoms with van der Waals surface area (Å²) < 4.78 is 28.5. The van der Waals surface area contributed by atoms with Gasteiger partial charge in [0.15, 0.2) is 0 Å². The molecule has 0 spiro atoms. The van der Waals surface area contributed by atoms with Crippen LogP contribution in [-0.4, -0.2) is 11.7 Å². The van der Waals surface area contributed by atoms with Gasteiger partial charge in [-0.25, -0.2) is 0 Å². The van der Waals surface area contributed by atoms with Crippen molar-refractivity contribution in [3.05, 3.63) is 29.8 Å². The monoisotopic (exact) mass is 256 g/mol. The summed E-state index contributed by atoms with van der Waals surface area (Å²) >= 11 is 0. The van der Waals surface area contributed by atoms with Gasteiger partial charge in [0, 0.05) is 0 Å². The van der Waals surface area contributed by atoms with Gasteiger partial charge in [0.2, 0.25) is 0 Å². The fourth-order valence-corrected chi connectivity index (χ4v) is 2.60. The van der Waals surface area contributed by atoms with Crippen molar-refractivity contribution in [2.75, 3.05) is 0 Å². The summed E-state index contributed by atoms with van der Waals surface area (Å²) in [6.07, 6.45) is 4.89. The van der Waals surface area contributed by atoms with E-state index in [0.717, 1.165) is 12.8 Å². The van der Waals surface area contributed by atoms with E-state index in [-0.39, 0.29) is 5.75 Å². The first-order valence-electron chi connectivity index (χ1n) is 6.38. The van der Waals surface area contributed by atoms with Crippen LogP contribution in [0.5, 0.6) is 5.75 Å². The summed E-state index contributed by atoms with van der Waals surface area (Å²) in [5.74, 6) is 0.660. The van der Waals surface area contributed by atoms with Crippen molar-refractivity contribution >= 4 is 0 Å². The second-order valence-corrected chi connectivity index (χ2v) is 4.85. The summed E-state index contributed by atoms with van der Waals surface area (Å²) in [6.45, 7) is -2.83. The van der Waals surface area contributed by atoms with E-state index in [1.165, 1.54) is 25.0 Å². The van der Waals surface area contributed by atoms with Crippen LogP contribution in [-0.2, 0) is 0 Å². The Morgan fingerprint density at radius 1 is 1.28 bits per heavy atom. The highest BCUT2D eigenvalue weighted by Gasteiger charge is 2.20. The topological polar surface area (TPSA) is 29.5 Å². The average molecular weight is 256 g/mol. The highest BCUT2D eigenvalue weighted by Crippen LogP contribution is 2.33. The zero-order chi connectivity index (χ0) is 13.0. The fraction of sp³-hybridized carbons (Fsp3) is 0.571. The van der Waals surface area contributed by atoms with Gasteiger partial charge < -0.3 is 9.84 Å². The van der Waals surface area contributed by atoms with Gasteiger partial charge in [0.1, 0.15) is 5.75 Å². The maximum atomic E-state index is 12.1. The van der Waals surface area contributed by atoms with Crippen molar-refractivity contribution < 1.29 is 18.6 Å². The molecule has 2 nitrogen and oxygen atoms in total. The van der Waals surface area contributed by atoms with Gasteiger partial charge in [-0.15, -0.1) is 0 Å². The third kappa shape index (κ3) is 3.67. The van der Waals surface area contributed by atoms with Gasteiger partial charge in [0.05, 0.1) is 6.10 Å². The molecule has 100 valence electrons. The fourth-order valence-electron chi connectivity index (χ4n) is 2.60. The first-order valence-corrected chi connectivity index (χ1v) is 6.38. The molecule has 1 saturated carbocycles. The highest BCUT2D eigenvalue weighted by molar-refractivity contribution is 5.29. The van der Waals surface area contributed by atoms with Crippen molar-refractivity contribution in [2.45, 2.75) is 44.8 Å². The molecule has 18 heavy (non-hydrogen) atoms. The summed E-state index contributed by atoms with van der Waals surface area (Å²) in [5.41, 5.74) is 0.653. The normalized spacial score (nSPS) is 18.2. The van der Waals surface area contributed by atoms with Gasteiger partial charge in [-0.05, 0) is 30.0 Å². The third-order valence-electron chi connectivity index (χ3n) is 3.50. The molecule has 1 N–H and O–H groups in total. The highest BCUT2D eigenvalue weighted by atomic mass is 19.3. The predicted molar refractivity (Wildman–Crippen MR) is 64.6 cm³/mol. The van der Waals surface area contributed by atoms with Gasteiger partial charge in [-0.3, -0.25) is 0 Å². The molecular formula is C14H18F2O2. The lowest BCUT2D eigenvalue weighted by atomic mass is 9.96. The maximum absolute atomic E-state index is 12.1. The van der Waals surface area contributed by atoms with Gasteiger partial charge in [-0.2, -0.15) is 8.78 Å². The number of alkyl halides is 2. The van der Waals surface area contributed by atoms with Crippen molar-refractivity contribution in [1.82, 2.24) is 0 Å². The van der Waals surface area contributed by atoms with E-state index in [4.69, 9.17) is 0 Å². The van der Waals surface area contributed by atoms with E-state index < -0.39 is 12.7 Å². The molecular weight excluding hydrogens is 238 g/mol. The summed E-state index contributed by atoms with van der Waals surface area (Å²) in [6, 6.07) is 6.34. The molecule has 4 heteroatoms. The van der Waals surface area contributed by atoms with E-state index in [0.29, 0.717) is 17.9 Å². The van der Waals surface area contributed by atoms with E-state index in [1.54, 1.807) is 12.1 Å². The Labute approximate surface area is 106 Å². The van der Waals surface area contributed by atoms with Crippen LogP contribution in [0.3, 0.4) is 0 Å². The summed E-state index contributed by atoms with van der Waals surface area (Å²) in [5, 5.41) is 10.1. The Hall–Kier alpha value is -1.16. The average Bonchev–Trinajstić information content (AvgIpc) is 2.81. The molecule has 0 aromatic heterocycles. The number of aliphatic hydroxyl groups excluding tert-OH is 1. The molecule has 1 aromatic rings. The quantitative estimate of drug-likeness (QED) is 0.865. The number of hydrogen-bond donors (Lipinski definition) is 1. The van der Waals surface area contributed by atoms with E-state index in [1.807, 2.05) is 0 Å². The second-order valence-electron chi connectivity index (χ2n) is 4.85. The van der Waals surface area contributed by atoms with Crippen LogP contribution in [0.25, 0.3) is 0 Å². The number of halogens is 2. The summed E-state index contributed by atoms with van der Waals surface area (Å²) in [7, 11) is 0. The van der Waals surface area contributed by atoms with E-state index >= 15 is 0 Å². The third-order valence-corrected chi connectivity index (χ3v) is 3.50. The van der Waals surface area contributed by atoms with Gasteiger partial charge in [-0.1, -0.05) is 37.8 Å². The number of ether oxygens (including phenoxy) is 1. The Kier molecular flexibility index (Phi) is 4.53. The molecule has 1 aliphatic rings. The first kappa shape index (κ1) is 13.3. The molecule has 0 aliphatic heterocycles. The zero-order valence-corrected chi connectivity index (χ0v) is 10.2. The molecule has 0 bridgehead atoms. The van der Waals surface area contributed by atoms with Crippen LogP contribution >= 0.6 is 0 Å². The van der Waals surface area contributed by atoms with Crippen molar-refractivity contribution in [1.29, 1.82) is 0 Å². The maximum Gasteiger partial charge on any atom is 0.387 e. The smallest absolute Gasteiger partial charge is 0.387 e. The summed E-state index contributed by atoms with van der Waals surface area (Å²) in [4.78, 5) is 0. The molecule has 1 atom stereocenters. The Balaban J connectivity index is 1.98. The Bertz CT molecular complexity index is 376. The van der Waals surface area contributed by atoms with Gasteiger partial charge >= 0.3 is 6.61 Å². The van der Waals surface area contributed by atoms with Crippen LogP contribution in [0, 0.1) is 5.92 Å². The molecule has 1 fully saturated rings. The lowest BCUT2D eigenvalue weighted by Gasteiger charge is -2.16. The van der Waals surface area contributed by atoms with Crippen molar-refractivity contribution in [3.8, 4) is 5.75 Å². The molecule has 1 unspecified atom stereocenters. The standard InChI is InChI=1S/C14H18F2O2/c15-14(16)18-12-7-3-6-11(9-12)13(17)8-10-4-1-2-5-10/h3,6-7,9-10,13-14,17H,1-2,4-5,8H2. The van der Waals surface area contributed by atoms with Crippen LogP contribution < -0.4 is 4.74 Å². The van der Waals surface area contributed by atoms with E-state index in [2.05, 4.69) is 4.74 Å². The van der Waals surface area contributed by atoms with Crippen molar-refractivity contribution in [3.63, 3.8) is 0 Å². The number of hydrogen-bond acceptors (Lipinski definition) is 2. The zero-order valence-electron chi connectivity index (χ0n) is 10.2. The van der Waals surface area contributed by atoms with Gasteiger partial charge in [0.25, 0.3) is 0 Å². The lowest BCUT2D eigenvalue weighted by Crippen LogP contribution is -2.06. The van der Waals surface area contributed by atoms with E-state index in [9.17, 15) is 13.9 Å². The molecule has 0 radical (unpaired) electrons.